The van der Waals surface area contributed by atoms with Crippen molar-refractivity contribution in [3.8, 4) is 0 Å². The van der Waals surface area contributed by atoms with E-state index in [1.807, 2.05) is 0 Å². The third-order valence-corrected chi connectivity index (χ3v) is 6.55. The smallest absolute Gasteiger partial charge is 0.306 e. The van der Waals surface area contributed by atoms with Gasteiger partial charge in [-0.25, -0.2) is 0 Å². The lowest BCUT2D eigenvalue weighted by Crippen LogP contribution is -2.27. The first kappa shape index (κ1) is 35.8. The van der Waals surface area contributed by atoms with Crippen molar-refractivity contribution in [1.82, 2.24) is 5.32 Å². The molecule has 0 aliphatic rings. The molecular formula is C30H59NO6. The van der Waals surface area contributed by atoms with Gasteiger partial charge in [0.2, 0.25) is 5.91 Å². The van der Waals surface area contributed by atoms with Crippen molar-refractivity contribution in [1.29, 1.82) is 0 Å². The van der Waals surface area contributed by atoms with Gasteiger partial charge in [-0.15, -0.1) is 0 Å². The summed E-state index contributed by atoms with van der Waals surface area (Å²) in [6.45, 7) is 5.33. The molecule has 0 aliphatic carbocycles. The lowest BCUT2D eigenvalue weighted by Gasteiger charge is -2.16. The van der Waals surface area contributed by atoms with Gasteiger partial charge in [0.05, 0.1) is 13.2 Å². The second-order valence-corrected chi connectivity index (χ2v) is 10.3. The molecule has 2 N–H and O–H groups in total. The zero-order valence-corrected chi connectivity index (χ0v) is 24.2. The summed E-state index contributed by atoms with van der Waals surface area (Å²) in [5.74, 6) is -0.200. The minimum Gasteiger partial charge on any atom is -0.457 e. The Balaban J connectivity index is 3.40. The zero-order chi connectivity index (χ0) is 27.2. The molecule has 0 fully saturated rings. The highest BCUT2D eigenvalue weighted by atomic mass is 16.7. The van der Waals surface area contributed by atoms with Gasteiger partial charge in [-0.2, -0.15) is 0 Å². The van der Waals surface area contributed by atoms with Crippen LogP contribution in [0.1, 0.15) is 142 Å². The molecule has 0 aromatic rings. The summed E-state index contributed by atoms with van der Waals surface area (Å²) >= 11 is 0. The van der Waals surface area contributed by atoms with Crippen LogP contribution in [0.3, 0.4) is 0 Å². The highest BCUT2D eigenvalue weighted by molar-refractivity contribution is 5.72. The van der Waals surface area contributed by atoms with Gasteiger partial charge in [-0.1, -0.05) is 110 Å². The van der Waals surface area contributed by atoms with E-state index in [-0.39, 0.29) is 31.9 Å². The molecular weight excluding hydrogens is 470 g/mol. The van der Waals surface area contributed by atoms with E-state index < -0.39 is 6.10 Å². The number of hydrogen-bond acceptors (Lipinski definition) is 6. The Hall–Kier alpha value is -1.18. The Morgan fingerprint density at radius 3 is 1.76 bits per heavy atom. The third-order valence-electron chi connectivity index (χ3n) is 6.55. The van der Waals surface area contributed by atoms with Crippen molar-refractivity contribution in [2.75, 3.05) is 33.2 Å². The van der Waals surface area contributed by atoms with Crippen LogP contribution >= 0.6 is 0 Å². The molecule has 0 rings (SSSR count). The summed E-state index contributed by atoms with van der Waals surface area (Å²) in [5, 5.41) is 12.3. The molecule has 1 atom stereocenters. The van der Waals surface area contributed by atoms with Gasteiger partial charge in [0.15, 0.2) is 0 Å². The molecule has 0 radical (unpaired) electrons. The maximum absolute atomic E-state index is 12.0. The number of ether oxygens (including phenoxy) is 3. The molecule has 220 valence electrons. The minimum absolute atomic E-state index is 0.0559. The number of aliphatic hydroxyl groups is 1. The SMILES string of the molecule is CCCCCCCCCCCCC(=O)O[C@H](CO)COCOCCCCCCCCCCCNC(C)=O. The van der Waals surface area contributed by atoms with E-state index in [1.165, 1.54) is 89.9 Å². The largest absolute Gasteiger partial charge is 0.457 e. The summed E-state index contributed by atoms with van der Waals surface area (Å²) in [6.07, 6.45) is 22.7. The van der Waals surface area contributed by atoms with Crippen LogP contribution in [-0.4, -0.2) is 56.2 Å². The van der Waals surface area contributed by atoms with Crippen LogP contribution in [0.15, 0.2) is 0 Å². The molecule has 37 heavy (non-hydrogen) atoms. The molecule has 0 bridgehead atoms. The first-order chi connectivity index (χ1) is 18.1. The minimum atomic E-state index is -0.621. The topological polar surface area (TPSA) is 94.1 Å². The lowest BCUT2D eigenvalue weighted by atomic mass is 10.1. The summed E-state index contributed by atoms with van der Waals surface area (Å²) in [5.41, 5.74) is 0. The molecule has 0 saturated heterocycles. The van der Waals surface area contributed by atoms with Gasteiger partial charge in [0.25, 0.3) is 0 Å². The van der Waals surface area contributed by atoms with Gasteiger partial charge in [0.1, 0.15) is 12.9 Å². The van der Waals surface area contributed by atoms with Crippen molar-refractivity contribution < 1.29 is 28.9 Å². The van der Waals surface area contributed by atoms with Crippen LogP contribution in [0.4, 0.5) is 0 Å². The maximum Gasteiger partial charge on any atom is 0.306 e. The van der Waals surface area contributed by atoms with E-state index in [4.69, 9.17) is 14.2 Å². The summed E-state index contributed by atoms with van der Waals surface area (Å²) in [6, 6.07) is 0. The van der Waals surface area contributed by atoms with Gasteiger partial charge >= 0.3 is 5.97 Å². The number of esters is 1. The van der Waals surface area contributed by atoms with Gasteiger partial charge in [-0.05, 0) is 19.3 Å². The standard InChI is InChI=1S/C30H59NO6/c1-3-4-5-6-7-8-10-13-16-19-22-30(34)37-29(25-32)26-36-27-35-24-21-18-15-12-9-11-14-17-20-23-31-28(2)33/h29,32H,3-27H2,1-2H3,(H,31,33)/t29-/m1/s1. The summed E-state index contributed by atoms with van der Waals surface area (Å²) in [4.78, 5) is 22.8. The number of carbonyl (C=O) groups is 2. The molecule has 7 heteroatoms. The normalized spacial score (nSPS) is 12.0. The van der Waals surface area contributed by atoms with Crippen LogP contribution in [0.5, 0.6) is 0 Å². The maximum atomic E-state index is 12.0. The fraction of sp³-hybridized carbons (Fsp3) is 0.933. The highest BCUT2D eigenvalue weighted by Crippen LogP contribution is 2.12. The molecule has 0 aromatic heterocycles. The van der Waals surface area contributed by atoms with Crippen molar-refractivity contribution >= 4 is 11.9 Å². The quantitative estimate of drug-likeness (QED) is 0.0626. The highest BCUT2D eigenvalue weighted by Gasteiger charge is 2.13. The van der Waals surface area contributed by atoms with E-state index in [0.717, 1.165) is 38.6 Å². The number of unbranched alkanes of at least 4 members (excludes halogenated alkanes) is 17. The van der Waals surface area contributed by atoms with Crippen LogP contribution in [0, 0.1) is 0 Å². The average molecular weight is 530 g/mol. The monoisotopic (exact) mass is 529 g/mol. The lowest BCUT2D eigenvalue weighted by molar-refractivity contribution is -0.159. The predicted molar refractivity (Wildman–Crippen MR) is 150 cm³/mol. The van der Waals surface area contributed by atoms with E-state index in [9.17, 15) is 14.7 Å². The fourth-order valence-corrected chi connectivity index (χ4v) is 4.25. The number of aliphatic hydroxyl groups excluding tert-OH is 1. The fourth-order valence-electron chi connectivity index (χ4n) is 4.25. The predicted octanol–water partition coefficient (Wildman–Crippen LogP) is 6.84. The molecule has 0 aliphatic heterocycles. The van der Waals surface area contributed by atoms with E-state index in [1.54, 1.807) is 6.92 Å². The summed E-state index contributed by atoms with van der Waals surface area (Å²) < 4.78 is 16.2. The van der Waals surface area contributed by atoms with E-state index in [0.29, 0.717) is 13.0 Å². The first-order valence-corrected chi connectivity index (χ1v) is 15.3. The Bertz CT molecular complexity index is 502. The van der Waals surface area contributed by atoms with Crippen LogP contribution < -0.4 is 5.32 Å². The van der Waals surface area contributed by atoms with Gasteiger partial charge in [0, 0.05) is 26.5 Å². The molecule has 1 amide bonds. The number of amides is 1. The second kappa shape index (κ2) is 29.4. The van der Waals surface area contributed by atoms with Crippen molar-refractivity contribution in [3.05, 3.63) is 0 Å². The summed E-state index contributed by atoms with van der Waals surface area (Å²) in [7, 11) is 0. The Morgan fingerprint density at radius 2 is 1.22 bits per heavy atom. The Morgan fingerprint density at radius 1 is 0.703 bits per heavy atom. The Kier molecular flexibility index (Phi) is 28.4. The number of hydrogen-bond donors (Lipinski definition) is 2. The average Bonchev–Trinajstić information content (AvgIpc) is 2.88. The molecule has 0 unspecified atom stereocenters. The second-order valence-electron chi connectivity index (χ2n) is 10.3. The first-order valence-electron chi connectivity index (χ1n) is 15.3. The Labute approximate surface area is 227 Å². The zero-order valence-electron chi connectivity index (χ0n) is 24.2. The van der Waals surface area contributed by atoms with E-state index in [2.05, 4.69) is 12.2 Å². The molecule has 0 heterocycles. The molecule has 0 spiro atoms. The van der Waals surface area contributed by atoms with Crippen LogP contribution in [-0.2, 0) is 23.8 Å². The molecule has 7 nitrogen and oxygen atoms in total. The van der Waals surface area contributed by atoms with E-state index >= 15 is 0 Å². The van der Waals surface area contributed by atoms with Gasteiger partial charge < -0.3 is 24.6 Å². The number of rotatable bonds is 29. The molecule has 0 saturated carbocycles. The van der Waals surface area contributed by atoms with Gasteiger partial charge in [-0.3, -0.25) is 9.59 Å². The third kappa shape index (κ3) is 29.2. The van der Waals surface area contributed by atoms with Crippen molar-refractivity contribution in [3.63, 3.8) is 0 Å². The van der Waals surface area contributed by atoms with Crippen LogP contribution in [0.25, 0.3) is 0 Å². The van der Waals surface area contributed by atoms with Crippen LogP contribution in [0.2, 0.25) is 0 Å². The number of nitrogens with one attached hydrogen (secondary N) is 1. The van der Waals surface area contributed by atoms with Crippen molar-refractivity contribution in [2.45, 2.75) is 148 Å². The van der Waals surface area contributed by atoms with Crippen molar-refractivity contribution in [2.24, 2.45) is 0 Å². The number of carbonyl (C=O) groups excluding carboxylic acids is 2. The molecule has 0 aromatic carbocycles.